The number of rotatable bonds is 8. The summed E-state index contributed by atoms with van der Waals surface area (Å²) >= 11 is 0. The van der Waals surface area contributed by atoms with Gasteiger partial charge in [-0.15, -0.1) is 0 Å². The van der Waals surface area contributed by atoms with E-state index in [0.29, 0.717) is 19.3 Å². The van der Waals surface area contributed by atoms with Gasteiger partial charge in [0, 0.05) is 0 Å². The molecule has 2 aliphatic heterocycles. The van der Waals surface area contributed by atoms with E-state index in [2.05, 4.69) is 67.5 Å². The lowest BCUT2D eigenvalue weighted by Crippen LogP contribution is -2.70. The fourth-order valence-corrected chi connectivity index (χ4v) is 12.8. The molecule has 12 nitrogen and oxygen atoms in total. The summed E-state index contributed by atoms with van der Waals surface area (Å²) in [6.07, 6.45) is -5.58. The molecule has 6 fully saturated rings. The Balaban J connectivity index is 1.30. The number of hydrogen-bond acceptors (Lipinski definition) is 12. The van der Waals surface area contributed by atoms with Gasteiger partial charge in [0.2, 0.25) is 0 Å². The molecule has 12 heteroatoms. The number of aliphatic hydroxyl groups excluding tert-OH is 8. The highest BCUT2D eigenvalue weighted by Gasteiger charge is 2.73. The third-order valence-electron chi connectivity index (χ3n) is 16.0. The molecule has 2 heterocycles. The first-order chi connectivity index (χ1) is 25.1. The molecule has 4 aliphatic carbocycles. The highest BCUT2D eigenvalue weighted by Crippen LogP contribution is 2.76. The van der Waals surface area contributed by atoms with Crippen molar-refractivity contribution in [3.05, 3.63) is 23.3 Å². The predicted molar refractivity (Wildman–Crippen MR) is 199 cm³/mol. The third-order valence-corrected chi connectivity index (χ3v) is 16.0. The summed E-state index contributed by atoms with van der Waals surface area (Å²) in [5, 5.41) is 88.0. The number of allylic oxidation sites excluding steroid dienone is 4. The Bertz CT molecular complexity index is 1400. The zero-order valence-corrected chi connectivity index (χ0v) is 33.8. The van der Waals surface area contributed by atoms with Crippen LogP contribution in [-0.2, 0) is 18.9 Å². The Kier molecular flexibility index (Phi) is 12.1. The van der Waals surface area contributed by atoms with Gasteiger partial charge in [0.05, 0.1) is 31.0 Å². The van der Waals surface area contributed by atoms with E-state index in [4.69, 9.17) is 18.9 Å². The van der Waals surface area contributed by atoms with E-state index in [-0.39, 0.29) is 46.5 Å². The van der Waals surface area contributed by atoms with Crippen LogP contribution in [0.2, 0.25) is 0 Å². The van der Waals surface area contributed by atoms with Crippen LogP contribution < -0.4 is 0 Å². The maximum absolute atomic E-state index is 12.2. The van der Waals surface area contributed by atoms with Gasteiger partial charge in [-0.05, 0) is 118 Å². The lowest BCUT2D eigenvalue weighted by atomic mass is 9.34. The van der Waals surface area contributed by atoms with Crippen molar-refractivity contribution in [2.45, 2.75) is 187 Å². The van der Waals surface area contributed by atoms with Gasteiger partial charge in [-0.3, -0.25) is 0 Å². The molecule has 0 amide bonds. The third kappa shape index (κ3) is 6.89. The van der Waals surface area contributed by atoms with E-state index < -0.39 is 85.1 Å². The summed E-state index contributed by atoms with van der Waals surface area (Å²) in [5.41, 5.74) is 1.12. The van der Waals surface area contributed by atoms with Crippen molar-refractivity contribution in [1.82, 2.24) is 0 Å². The van der Waals surface area contributed by atoms with E-state index in [1.165, 1.54) is 18.1 Å². The maximum atomic E-state index is 12.2. The van der Waals surface area contributed by atoms with Crippen LogP contribution in [-0.4, -0.2) is 127 Å². The standard InChI is InChI=1S/C42H70O12/c1-20(2)11-10-12-21(3)23-13-16-41(8)29(23)24(43)17-27-40(7)15-14-28(44)39(5,6)36(40)25(18-42(27,41)9)53-38-35(50)33(48)31(46)26(54-38)19-51-37-34(49)32(47)30(45)22(4)52-37/h11-12,22-38,43-50H,10,13-19H2,1-9H3/b21-12-/t22-,23?,24+,25+,26+,27?,28?,29?,30-,31+,32+,33-,34+,35+,36-,37+,38+,40+,41+,42+/m0/s1. The molecular weight excluding hydrogens is 696 g/mol. The molecule has 54 heavy (non-hydrogen) atoms. The van der Waals surface area contributed by atoms with Crippen molar-refractivity contribution in [2.75, 3.05) is 6.61 Å². The Hall–Kier alpha value is -1.00. The molecule has 6 aliphatic rings. The zero-order valence-electron chi connectivity index (χ0n) is 33.8. The Morgan fingerprint density at radius 3 is 2.06 bits per heavy atom. The van der Waals surface area contributed by atoms with E-state index in [1.54, 1.807) is 0 Å². The molecule has 0 aromatic rings. The lowest BCUT2D eigenvalue weighted by Gasteiger charge is -2.72. The Morgan fingerprint density at radius 2 is 1.39 bits per heavy atom. The molecular formula is C42H70O12. The average molecular weight is 767 g/mol. The summed E-state index contributed by atoms with van der Waals surface area (Å²) in [4.78, 5) is 0. The molecule has 2 saturated heterocycles. The van der Waals surface area contributed by atoms with Gasteiger partial charge in [0.1, 0.15) is 42.7 Å². The molecule has 8 N–H and O–H groups in total. The molecule has 310 valence electrons. The summed E-state index contributed by atoms with van der Waals surface area (Å²) < 4.78 is 24.4. The van der Waals surface area contributed by atoms with Crippen LogP contribution in [0, 0.1) is 45.3 Å². The van der Waals surface area contributed by atoms with Gasteiger partial charge in [-0.2, -0.15) is 0 Å². The summed E-state index contributed by atoms with van der Waals surface area (Å²) in [5.74, 6) is 0.245. The highest BCUT2D eigenvalue weighted by molar-refractivity contribution is 5.24. The fraction of sp³-hybridized carbons (Fsp3) is 0.905. The van der Waals surface area contributed by atoms with Crippen LogP contribution in [0.5, 0.6) is 0 Å². The van der Waals surface area contributed by atoms with Crippen molar-refractivity contribution in [2.24, 2.45) is 45.3 Å². The minimum absolute atomic E-state index is 0.0550. The lowest BCUT2D eigenvalue weighted by molar-refractivity contribution is -0.354. The molecule has 0 aromatic heterocycles. The van der Waals surface area contributed by atoms with Crippen molar-refractivity contribution in [3.8, 4) is 0 Å². The predicted octanol–water partition coefficient (Wildman–Crippen LogP) is 2.95. The van der Waals surface area contributed by atoms with Gasteiger partial charge in [0.15, 0.2) is 12.6 Å². The van der Waals surface area contributed by atoms with Gasteiger partial charge < -0.3 is 59.8 Å². The fourth-order valence-electron chi connectivity index (χ4n) is 12.8. The average Bonchev–Trinajstić information content (AvgIpc) is 3.48. The number of aliphatic hydroxyl groups is 8. The molecule has 0 radical (unpaired) electrons. The van der Waals surface area contributed by atoms with Crippen LogP contribution in [0.4, 0.5) is 0 Å². The molecule has 0 aromatic carbocycles. The zero-order chi connectivity index (χ0) is 39.9. The smallest absolute Gasteiger partial charge is 0.186 e. The second kappa shape index (κ2) is 15.3. The van der Waals surface area contributed by atoms with Gasteiger partial charge >= 0.3 is 0 Å². The molecule has 0 bridgehead atoms. The molecule has 20 atom stereocenters. The molecule has 4 saturated carbocycles. The number of hydrogen-bond donors (Lipinski definition) is 8. The monoisotopic (exact) mass is 766 g/mol. The first-order valence-corrected chi connectivity index (χ1v) is 20.4. The van der Waals surface area contributed by atoms with Gasteiger partial charge in [0.25, 0.3) is 0 Å². The van der Waals surface area contributed by atoms with Crippen molar-refractivity contribution < 1.29 is 59.8 Å². The minimum Gasteiger partial charge on any atom is -0.393 e. The van der Waals surface area contributed by atoms with Gasteiger partial charge in [-0.25, -0.2) is 0 Å². The van der Waals surface area contributed by atoms with E-state index >= 15 is 0 Å². The summed E-state index contributed by atoms with van der Waals surface area (Å²) in [6, 6.07) is 0. The van der Waals surface area contributed by atoms with E-state index in [1.807, 2.05) is 0 Å². The Morgan fingerprint density at radius 1 is 0.741 bits per heavy atom. The first-order valence-electron chi connectivity index (χ1n) is 20.4. The quantitative estimate of drug-likeness (QED) is 0.133. The van der Waals surface area contributed by atoms with E-state index in [9.17, 15) is 40.9 Å². The van der Waals surface area contributed by atoms with Crippen LogP contribution in [0.3, 0.4) is 0 Å². The summed E-state index contributed by atoms with van der Waals surface area (Å²) in [7, 11) is 0. The highest BCUT2D eigenvalue weighted by atomic mass is 16.7. The second-order valence-electron chi connectivity index (χ2n) is 19.6. The molecule has 4 unspecified atom stereocenters. The molecule has 6 rings (SSSR count). The number of fused-ring (bicyclic) bond motifs is 5. The SMILES string of the molecule is CC(C)=CC/C=C(/C)C1CC[C@]2(C)C1[C@H](O)CC1[C@@]3(C)CCC(O)C(C)(C)[C@@H]3[C@H](O[C@@H]3O[C@H](CO[C@@H]4O[C@@H](C)[C@H](O)[C@@H](O)[C@H]4O)[C@@H](O)[C@H](O)[C@H]3O)C[C@]12C. The van der Waals surface area contributed by atoms with Crippen LogP contribution in [0.25, 0.3) is 0 Å². The molecule has 0 spiro atoms. The van der Waals surface area contributed by atoms with Gasteiger partial charge in [-0.1, -0.05) is 57.9 Å². The maximum Gasteiger partial charge on any atom is 0.186 e. The minimum atomic E-state index is -1.65. The van der Waals surface area contributed by atoms with Crippen LogP contribution in [0.1, 0.15) is 107 Å². The topological polar surface area (TPSA) is 199 Å². The Labute approximate surface area is 321 Å². The largest absolute Gasteiger partial charge is 0.393 e. The van der Waals surface area contributed by atoms with Crippen LogP contribution in [0.15, 0.2) is 23.3 Å². The first kappa shape index (κ1) is 42.6. The summed E-state index contributed by atoms with van der Waals surface area (Å²) in [6.45, 7) is 18.7. The van der Waals surface area contributed by atoms with Crippen molar-refractivity contribution >= 4 is 0 Å². The van der Waals surface area contributed by atoms with Crippen LogP contribution >= 0.6 is 0 Å². The number of ether oxygens (including phenoxy) is 4. The second-order valence-corrected chi connectivity index (χ2v) is 19.6. The van der Waals surface area contributed by atoms with Crippen molar-refractivity contribution in [3.63, 3.8) is 0 Å². The normalized spacial score (nSPS) is 53.3. The van der Waals surface area contributed by atoms with Crippen molar-refractivity contribution in [1.29, 1.82) is 0 Å². The van der Waals surface area contributed by atoms with E-state index in [0.717, 1.165) is 25.7 Å².